The molecule has 1 rings (SSSR count). The van der Waals surface area contributed by atoms with Crippen LogP contribution in [-0.4, -0.2) is 53.8 Å². The number of amides is 2. The highest BCUT2D eigenvalue weighted by Gasteiger charge is 2.31. The molecule has 2 amide bonds. The number of nitrogens with zero attached hydrogens (tertiary/aromatic N) is 2. The first-order chi connectivity index (χ1) is 6.56. The zero-order chi connectivity index (χ0) is 10.7. The molecule has 1 heterocycles. The number of hydrogen-bond donors (Lipinski definition) is 1. The van der Waals surface area contributed by atoms with Gasteiger partial charge in [0.2, 0.25) is 11.8 Å². The van der Waals surface area contributed by atoms with Crippen molar-refractivity contribution in [1.29, 1.82) is 0 Å². The van der Waals surface area contributed by atoms with Gasteiger partial charge in [-0.25, -0.2) is 0 Å². The summed E-state index contributed by atoms with van der Waals surface area (Å²) in [6, 6.07) is -0.457. The van der Waals surface area contributed by atoms with Crippen molar-refractivity contribution in [2.45, 2.75) is 19.9 Å². The topological polar surface area (TPSA) is 66.6 Å². The monoisotopic (exact) mass is 199 g/mol. The van der Waals surface area contributed by atoms with E-state index in [1.54, 1.807) is 4.90 Å². The molecule has 0 unspecified atom stereocenters. The van der Waals surface area contributed by atoms with Gasteiger partial charge in [-0.2, -0.15) is 0 Å². The summed E-state index contributed by atoms with van der Waals surface area (Å²) in [6.45, 7) is 6.36. The molecule has 1 fully saturated rings. The quantitative estimate of drug-likeness (QED) is 0.622. The van der Waals surface area contributed by atoms with Crippen LogP contribution in [0.15, 0.2) is 0 Å². The molecule has 0 aromatic heterocycles. The van der Waals surface area contributed by atoms with Crippen molar-refractivity contribution in [3.05, 3.63) is 0 Å². The van der Waals surface area contributed by atoms with Gasteiger partial charge in [0, 0.05) is 26.6 Å². The summed E-state index contributed by atoms with van der Waals surface area (Å²) in [6.07, 6.45) is 0. The molecule has 1 aliphatic rings. The predicted octanol–water partition coefficient (Wildman–Crippen LogP) is -0.976. The van der Waals surface area contributed by atoms with Gasteiger partial charge < -0.3 is 10.6 Å². The molecule has 1 aliphatic heterocycles. The molecular formula is C9H17N3O2. The lowest BCUT2D eigenvalue weighted by Gasteiger charge is -2.38. The summed E-state index contributed by atoms with van der Waals surface area (Å²) in [5.74, 6) is -0.497. The fourth-order valence-corrected chi connectivity index (χ4v) is 1.75. The van der Waals surface area contributed by atoms with Crippen LogP contribution < -0.4 is 5.73 Å². The van der Waals surface area contributed by atoms with Gasteiger partial charge in [-0.1, -0.05) is 6.92 Å². The first kappa shape index (κ1) is 11.0. The van der Waals surface area contributed by atoms with Crippen LogP contribution in [0.4, 0.5) is 0 Å². The normalized spacial score (nSPS) is 23.6. The molecule has 5 heteroatoms. The Bertz CT molecular complexity index is 242. The lowest BCUT2D eigenvalue weighted by atomic mass is 10.1. The number of primary amides is 1. The van der Waals surface area contributed by atoms with Crippen LogP contribution >= 0.6 is 0 Å². The summed E-state index contributed by atoms with van der Waals surface area (Å²) in [5, 5.41) is 0. The molecule has 5 nitrogen and oxygen atoms in total. The average Bonchev–Trinajstić information content (AvgIpc) is 2.16. The van der Waals surface area contributed by atoms with E-state index in [-0.39, 0.29) is 5.91 Å². The second-order valence-corrected chi connectivity index (χ2v) is 3.52. The molecule has 1 atom stereocenters. The van der Waals surface area contributed by atoms with E-state index in [1.807, 2.05) is 6.92 Å². The van der Waals surface area contributed by atoms with Crippen molar-refractivity contribution in [2.24, 2.45) is 5.73 Å². The molecule has 14 heavy (non-hydrogen) atoms. The standard InChI is InChI=1S/C9H17N3O2/c1-3-11-4-5-12(7(2)13)8(6-11)9(10)14/h8H,3-6H2,1-2H3,(H2,10,14)/t8-/m1/s1. The third kappa shape index (κ3) is 2.23. The Kier molecular flexibility index (Phi) is 3.46. The van der Waals surface area contributed by atoms with Crippen LogP contribution in [0.1, 0.15) is 13.8 Å². The molecule has 0 spiro atoms. The van der Waals surface area contributed by atoms with Crippen LogP contribution in [0, 0.1) is 0 Å². The molecule has 80 valence electrons. The number of carbonyl (C=O) groups excluding carboxylic acids is 2. The van der Waals surface area contributed by atoms with E-state index >= 15 is 0 Å². The van der Waals surface area contributed by atoms with Crippen LogP contribution in [0.3, 0.4) is 0 Å². The number of carbonyl (C=O) groups is 2. The summed E-state index contributed by atoms with van der Waals surface area (Å²) in [7, 11) is 0. The Labute approximate surface area is 83.8 Å². The Hall–Kier alpha value is -1.10. The maximum absolute atomic E-state index is 11.2. The van der Waals surface area contributed by atoms with E-state index in [0.29, 0.717) is 13.1 Å². The number of hydrogen-bond acceptors (Lipinski definition) is 3. The van der Waals surface area contributed by atoms with Gasteiger partial charge in [0.05, 0.1) is 0 Å². The van der Waals surface area contributed by atoms with Crippen molar-refractivity contribution in [2.75, 3.05) is 26.2 Å². The number of nitrogens with two attached hydrogens (primary N) is 1. The third-order valence-corrected chi connectivity index (χ3v) is 2.64. The summed E-state index contributed by atoms with van der Waals surface area (Å²) >= 11 is 0. The summed E-state index contributed by atoms with van der Waals surface area (Å²) < 4.78 is 0. The average molecular weight is 199 g/mol. The molecular weight excluding hydrogens is 182 g/mol. The zero-order valence-corrected chi connectivity index (χ0v) is 8.69. The summed E-state index contributed by atoms with van der Waals surface area (Å²) in [5.41, 5.74) is 5.25. The van der Waals surface area contributed by atoms with E-state index < -0.39 is 11.9 Å². The van der Waals surface area contributed by atoms with E-state index in [4.69, 9.17) is 5.73 Å². The van der Waals surface area contributed by atoms with Crippen LogP contribution in [0.2, 0.25) is 0 Å². The number of rotatable bonds is 2. The first-order valence-corrected chi connectivity index (χ1v) is 4.85. The second kappa shape index (κ2) is 4.41. The molecule has 0 saturated carbocycles. The van der Waals surface area contributed by atoms with Gasteiger partial charge >= 0.3 is 0 Å². The summed E-state index contributed by atoms with van der Waals surface area (Å²) in [4.78, 5) is 26.0. The lowest BCUT2D eigenvalue weighted by molar-refractivity contribution is -0.140. The predicted molar refractivity (Wildman–Crippen MR) is 52.5 cm³/mol. The molecule has 1 saturated heterocycles. The fourth-order valence-electron chi connectivity index (χ4n) is 1.75. The van der Waals surface area contributed by atoms with Crippen molar-refractivity contribution in [3.63, 3.8) is 0 Å². The number of likely N-dealkylation sites (N-methyl/N-ethyl adjacent to an activating group) is 1. The smallest absolute Gasteiger partial charge is 0.241 e. The molecule has 0 radical (unpaired) electrons. The zero-order valence-electron chi connectivity index (χ0n) is 8.69. The van der Waals surface area contributed by atoms with Crippen LogP contribution in [0.5, 0.6) is 0 Å². The molecule has 0 aromatic carbocycles. The minimum atomic E-state index is -0.457. The largest absolute Gasteiger partial charge is 0.368 e. The molecule has 2 N–H and O–H groups in total. The van der Waals surface area contributed by atoms with Gasteiger partial charge in [0.15, 0.2) is 0 Å². The first-order valence-electron chi connectivity index (χ1n) is 4.85. The highest BCUT2D eigenvalue weighted by atomic mass is 16.2. The van der Waals surface area contributed by atoms with Gasteiger partial charge in [0.25, 0.3) is 0 Å². The second-order valence-electron chi connectivity index (χ2n) is 3.52. The van der Waals surface area contributed by atoms with Crippen molar-refractivity contribution in [3.8, 4) is 0 Å². The van der Waals surface area contributed by atoms with Crippen LogP contribution in [-0.2, 0) is 9.59 Å². The maximum atomic E-state index is 11.2. The Morgan fingerprint density at radius 3 is 2.50 bits per heavy atom. The Balaban J connectivity index is 2.70. The molecule has 0 bridgehead atoms. The fraction of sp³-hybridized carbons (Fsp3) is 0.778. The third-order valence-electron chi connectivity index (χ3n) is 2.64. The number of piperazine rings is 1. The van der Waals surface area contributed by atoms with E-state index in [1.165, 1.54) is 6.92 Å². The van der Waals surface area contributed by atoms with E-state index in [2.05, 4.69) is 4.90 Å². The van der Waals surface area contributed by atoms with Crippen LogP contribution in [0.25, 0.3) is 0 Å². The van der Waals surface area contributed by atoms with Crippen molar-refractivity contribution < 1.29 is 9.59 Å². The maximum Gasteiger partial charge on any atom is 0.241 e. The Morgan fingerprint density at radius 1 is 1.43 bits per heavy atom. The lowest BCUT2D eigenvalue weighted by Crippen LogP contribution is -2.59. The minimum Gasteiger partial charge on any atom is -0.368 e. The minimum absolute atomic E-state index is 0.0791. The van der Waals surface area contributed by atoms with Crippen molar-refractivity contribution in [1.82, 2.24) is 9.80 Å². The molecule has 0 aromatic rings. The van der Waals surface area contributed by atoms with Crippen molar-refractivity contribution >= 4 is 11.8 Å². The molecule has 0 aliphatic carbocycles. The van der Waals surface area contributed by atoms with E-state index in [9.17, 15) is 9.59 Å². The van der Waals surface area contributed by atoms with Gasteiger partial charge in [-0.05, 0) is 6.54 Å². The van der Waals surface area contributed by atoms with Gasteiger partial charge in [-0.15, -0.1) is 0 Å². The Morgan fingerprint density at radius 2 is 2.07 bits per heavy atom. The SMILES string of the molecule is CCN1CCN(C(C)=O)[C@@H](C(N)=O)C1. The highest BCUT2D eigenvalue weighted by Crippen LogP contribution is 2.09. The van der Waals surface area contributed by atoms with E-state index in [0.717, 1.165) is 13.1 Å². The van der Waals surface area contributed by atoms with Gasteiger partial charge in [0.1, 0.15) is 6.04 Å². The highest BCUT2D eigenvalue weighted by molar-refractivity contribution is 5.86. The van der Waals surface area contributed by atoms with Gasteiger partial charge in [-0.3, -0.25) is 14.5 Å².